The maximum atomic E-state index is 12.3. The molecule has 0 aromatic carbocycles. The zero-order chi connectivity index (χ0) is 16.9. The highest BCUT2D eigenvalue weighted by molar-refractivity contribution is 8.01. The average molecular weight is 387 g/mol. The monoisotopic (exact) mass is 385 g/mol. The number of hydrogen-bond acceptors (Lipinski definition) is 5. The molecule has 5 nitrogen and oxygen atoms in total. The summed E-state index contributed by atoms with van der Waals surface area (Å²) in [6.07, 6.45) is 1.31. The SMILES string of the molecule is CC(=O)/C=C1/C(=O)N2[C@@H]1SC(C)(C)[C@@H]2C(=O)OCC(Cl)(Cl)Cl. The number of nitrogens with zero attached hydrogens (tertiary/aromatic N) is 1. The van der Waals surface area contributed by atoms with Crippen molar-refractivity contribution in [3.63, 3.8) is 0 Å². The molecular formula is C13H14Cl3NO4S. The minimum atomic E-state index is -1.70. The molecule has 9 heteroatoms. The number of ketones is 1. The number of allylic oxidation sites excluding steroid dienone is 1. The maximum absolute atomic E-state index is 12.3. The lowest BCUT2D eigenvalue weighted by atomic mass is 9.95. The first-order valence-electron chi connectivity index (χ1n) is 6.40. The van der Waals surface area contributed by atoms with Gasteiger partial charge in [-0.05, 0) is 26.8 Å². The van der Waals surface area contributed by atoms with Gasteiger partial charge in [-0.2, -0.15) is 0 Å². The van der Waals surface area contributed by atoms with Crippen molar-refractivity contribution in [3.05, 3.63) is 11.6 Å². The number of amides is 1. The number of alkyl halides is 3. The molecular weight excluding hydrogens is 373 g/mol. The summed E-state index contributed by atoms with van der Waals surface area (Å²) < 4.78 is 2.74. The topological polar surface area (TPSA) is 63.7 Å². The third-order valence-corrected chi connectivity index (χ3v) is 5.17. The van der Waals surface area contributed by atoms with Gasteiger partial charge in [-0.1, -0.05) is 34.8 Å². The van der Waals surface area contributed by atoms with Crippen LogP contribution in [0.5, 0.6) is 0 Å². The number of carbonyl (C=O) groups is 3. The molecule has 2 heterocycles. The normalized spacial score (nSPS) is 28.4. The number of esters is 1. The Balaban J connectivity index is 2.18. The quantitative estimate of drug-likeness (QED) is 0.323. The van der Waals surface area contributed by atoms with Gasteiger partial charge >= 0.3 is 5.97 Å². The summed E-state index contributed by atoms with van der Waals surface area (Å²) in [4.78, 5) is 37.1. The first-order valence-corrected chi connectivity index (χ1v) is 8.41. The highest BCUT2D eigenvalue weighted by Gasteiger charge is 2.61. The van der Waals surface area contributed by atoms with Crippen LogP contribution in [0.2, 0.25) is 0 Å². The minimum absolute atomic E-state index is 0.205. The second-order valence-electron chi connectivity index (χ2n) is 5.62. The van der Waals surface area contributed by atoms with Crippen molar-refractivity contribution in [1.29, 1.82) is 0 Å². The van der Waals surface area contributed by atoms with Crippen molar-refractivity contribution < 1.29 is 19.1 Å². The lowest BCUT2D eigenvalue weighted by Crippen LogP contribution is -2.59. The summed E-state index contributed by atoms with van der Waals surface area (Å²) in [5.41, 5.74) is 0.405. The second-order valence-corrected chi connectivity index (χ2v) is 9.87. The van der Waals surface area contributed by atoms with E-state index in [1.165, 1.54) is 29.7 Å². The molecule has 0 saturated carbocycles. The number of fused-ring (bicyclic) bond motifs is 1. The summed E-state index contributed by atoms with van der Waals surface area (Å²) in [6, 6.07) is -0.786. The van der Waals surface area contributed by atoms with Gasteiger partial charge in [-0.15, -0.1) is 11.8 Å². The van der Waals surface area contributed by atoms with Crippen LogP contribution >= 0.6 is 46.6 Å². The van der Waals surface area contributed by atoms with Gasteiger partial charge in [0.1, 0.15) is 18.0 Å². The molecule has 2 fully saturated rings. The molecule has 0 aromatic heterocycles. The van der Waals surface area contributed by atoms with E-state index in [0.717, 1.165) is 0 Å². The molecule has 0 bridgehead atoms. The zero-order valence-electron chi connectivity index (χ0n) is 12.1. The number of hydrogen-bond donors (Lipinski definition) is 0. The van der Waals surface area contributed by atoms with E-state index in [0.29, 0.717) is 5.57 Å². The molecule has 2 aliphatic heterocycles. The van der Waals surface area contributed by atoms with Crippen molar-refractivity contribution in [1.82, 2.24) is 4.90 Å². The number of halogens is 3. The average Bonchev–Trinajstić information content (AvgIpc) is 2.61. The number of β-lactam (4-membered cyclic amide) rings is 1. The third kappa shape index (κ3) is 3.40. The maximum Gasteiger partial charge on any atom is 0.330 e. The van der Waals surface area contributed by atoms with Gasteiger partial charge < -0.3 is 9.64 Å². The summed E-state index contributed by atoms with van der Waals surface area (Å²) in [5.74, 6) is -1.17. The van der Waals surface area contributed by atoms with E-state index in [1.54, 1.807) is 0 Å². The zero-order valence-corrected chi connectivity index (χ0v) is 15.1. The van der Waals surface area contributed by atoms with E-state index in [4.69, 9.17) is 39.5 Å². The standard InChI is InChI=1S/C13H14Cl3NO4S/c1-6(18)4-7-9(19)17-8(12(2,3)22-10(7)17)11(20)21-5-13(14,15)16/h4,8,10H,5H2,1-3H3/b7-4-/t8-,10+/m0/s1. The van der Waals surface area contributed by atoms with Gasteiger partial charge in [-0.25, -0.2) is 4.79 Å². The van der Waals surface area contributed by atoms with Crippen LogP contribution in [-0.2, 0) is 19.1 Å². The number of ether oxygens (including phenoxy) is 1. The minimum Gasteiger partial charge on any atom is -0.460 e. The molecule has 2 atom stereocenters. The molecule has 1 amide bonds. The molecule has 0 aliphatic carbocycles. The van der Waals surface area contributed by atoms with E-state index in [-0.39, 0.29) is 17.1 Å². The summed E-state index contributed by atoms with van der Waals surface area (Å²) in [5, 5.41) is -0.322. The largest absolute Gasteiger partial charge is 0.460 e. The Morgan fingerprint density at radius 1 is 1.41 bits per heavy atom. The molecule has 2 rings (SSSR count). The Kier molecular flexibility index (Phi) is 4.80. The van der Waals surface area contributed by atoms with E-state index in [9.17, 15) is 14.4 Å². The van der Waals surface area contributed by atoms with Crippen molar-refractivity contribution in [2.75, 3.05) is 6.61 Å². The van der Waals surface area contributed by atoms with Gasteiger partial charge in [0, 0.05) is 4.75 Å². The molecule has 0 aromatic rings. The van der Waals surface area contributed by atoms with Crippen molar-refractivity contribution in [2.45, 2.75) is 40.7 Å². The van der Waals surface area contributed by atoms with Crippen molar-refractivity contribution in [3.8, 4) is 0 Å². The first-order chi connectivity index (χ1) is 9.94. The molecule has 0 N–H and O–H groups in total. The molecule has 0 radical (unpaired) electrons. The van der Waals surface area contributed by atoms with Gasteiger partial charge in [0.2, 0.25) is 3.79 Å². The molecule has 0 unspecified atom stereocenters. The fourth-order valence-electron chi connectivity index (χ4n) is 2.49. The summed E-state index contributed by atoms with van der Waals surface area (Å²) in [6.45, 7) is 4.64. The van der Waals surface area contributed by atoms with Crippen LogP contribution < -0.4 is 0 Å². The Hall–Kier alpha value is -0.430. The van der Waals surface area contributed by atoms with Crippen LogP contribution in [0, 0.1) is 0 Å². The van der Waals surface area contributed by atoms with Crippen LogP contribution in [0.4, 0.5) is 0 Å². The van der Waals surface area contributed by atoms with E-state index < -0.39 is 27.2 Å². The predicted octanol–water partition coefficient (Wildman–Crippen LogP) is 2.48. The molecule has 2 saturated heterocycles. The van der Waals surface area contributed by atoms with Crippen molar-refractivity contribution >= 4 is 64.2 Å². The predicted molar refractivity (Wildman–Crippen MR) is 86.1 cm³/mol. The van der Waals surface area contributed by atoms with E-state index in [2.05, 4.69) is 0 Å². The number of carbonyl (C=O) groups excluding carboxylic acids is 3. The van der Waals surface area contributed by atoms with Gasteiger partial charge in [0.25, 0.3) is 5.91 Å². The molecule has 22 heavy (non-hydrogen) atoms. The lowest BCUT2D eigenvalue weighted by molar-refractivity contribution is -0.157. The number of thioether (sulfide) groups is 1. The van der Waals surface area contributed by atoms with Crippen LogP contribution in [0.1, 0.15) is 20.8 Å². The van der Waals surface area contributed by atoms with Crippen LogP contribution in [0.3, 0.4) is 0 Å². The van der Waals surface area contributed by atoms with Crippen LogP contribution in [0.15, 0.2) is 11.6 Å². The first kappa shape index (κ1) is 17.9. The smallest absolute Gasteiger partial charge is 0.330 e. The molecule has 2 aliphatic rings. The highest BCUT2D eigenvalue weighted by atomic mass is 35.6. The Labute approximate surface area is 147 Å². The fourth-order valence-corrected chi connectivity index (χ4v) is 4.19. The van der Waals surface area contributed by atoms with Crippen LogP contribution in [-0.4, -0.2) is 49.1 Å². The van der Waals surface area contributed by atoms with E-state index >= 15 is 0 Å². The molecule has 122 valence electrons. The Bertz CT molecular complexity index is 570. The third-order valence-electron chi connectivity index (χ3n) is 3.31. The number of rotatable bonds is 3. The lowest BCUT2D eigenvalue weighted by Gasteiger charge is -2.39. The van der Waals surface area contributed by atoms with E-state index in [1.807, 2.05) is 13.8 Å². The Morgan fingerprint density at radius 2 is 2.00 bits per heavy atom. The van der Waals surface area contributed by atoms with Gasteiger partial charge in [0.15, 0.2) is 5.78 Å². The van der Waals surface area contributed by atoms with Crippen molar-refractivity contribution in [2.24, 2.45) is 0 Å². The Morgan fingerprint density at radius 3 is 2.50 bits per heavy atom. The summed E-state index contributed by atoms with van der Waals surface area (Å²) >= 11 is 18.1. The highest BCUT2D eigenvalue weighted by Crippen LogP contribution is 2.53. The van der Waals surface area contributed by atoms with Gasteiger partial charge in [0.05, 0.1) is 5.57 Å². The second kappa shape index (κ2) is 5.89. The van der Waals surface area contributed by atoms with Gasteiger partial charge in [-0.3, -0.25) is 9.59 Å². The molecule has 0 spiro atoms. The fraction of sp³-hybridized carbons (Fsp3) is 0.615. The summed E-state index contributed by atoms with van der Waals surface area (Å²) in [7, 11) is 0. The van der Waals surface area contributed by atoms with Crippen LogP contribution in [0.25, 0.3) is 0 Å².